The molecule has 1 aliphatic heterocycles. The number of aromatic nitrogens is 1. The van der Waals surface area contributed by atoms with Crippen molar-refractivity contribution in [2.45, 2.75) is 56.9 Å². The number of hydrogen-bond donors (Lipinski definition) is 0. The van der Waals surface area contributed by atoms with Gasteiger partial charge in [0, 0.05) is 5.56 Å². The van der Waals surface area contributed by atoms with E-state index in [0.29, 0.717) is 20.6 Å². The summed E-state index contributed by atoms with van der Waals surface area (Å²) in [7, 11) is 3.04. The molecule has 5 aliphatic rings. The maximum absolute atomic E-state index is 14.0. The first-order valence-electron chi connectivity index (χ1n) is 14.2. The molecule has 0 radical (unpaired) electrons. The van der Waals surface area contributed by atoms with Crippen molar-refractivity contribution in [2.24, 2.45) is 22.7 Å². The number of thiazole rings is 1. The van der Waals surface area contributed by atoms with Crippen LogP contribution in [-0.2, 0) is 14.9 Å². The largest absolute Gasteiger partial charge is 0.496 e. The third-order valence-corrected chi connectivity index (χ3v) is 10.7. The number of allylic oxidation sites excluding steroid dienone is 1. The molecule has 206 valence electrons. The lowest BCUT2D eigenvalue weighted by Crippen LogP contribution is -2.48. The van der Waals surface area contributed by atoms with Gasteiger partial charge in [-0.1, -0.05) is 47.7 Å². The van der Waals surface area contributed by atoms with Crippen LogP contribution < -0.4 is 19.6 Å². The second kappa shape index (κ2) is 9.58. The summed E-state index contributed by atoms with van der Waals surface area (Å²) in [5.74, 6) is 2.84. The van der Waals surface area contributed by atoms with Crippen LogP contribution in [0.2, 0.25) is 0 Å². The lowest BCUT2D eigenvalue weighted by molar-refractivity contribution is -0.136. The minimum absolute atomic E-state index is 0.172. The van der Waals surface area contributed by atoms with E-state index >= 15 is 0 Å². The molecule has 0 spiro atoms. The number of carbonyl (C=O) groups is 1. The van der Waals surface area contributed by atoms with Crippen molar-refractivity contribution in [1.29, 1.82) is 0 Å². The average Bonchev–Trinajstić information content (AvgIpc) is 3.25. The van der Waals surface area contributed by atoms with Crippen molar-refractivity contribution in [3.05, 3.63) is 96.2 Å². The first-order chi connectivity index (χ1) is 19.4. The van der Waals surface area contributed by atoms with Crippen molar-refractivity contribution >= 4 is 23.4 Å². The number of rotatable bonds is 5. The minimum atomic E-state index is -0.604. The zero-order chi connectivity index (χ0) is 27.6. The average molecular weight is 555 g/mol. The standard InChI is InChI=1S/C33H34N2O4S/c1-19-28(31(37)39-3)29(23-7-5-4-6-8-23)35-30(36)27(40-32(35)34-19)15-24-14-25(9-10-26(24)38-2)33-16-20-11-21(17-33)13-22(12-20)18-33/h4-10,14-15,20-22,29H,11-13,16-18H2,1-3H3. The maximum atomic E-state index is 14.0. The fourth-order valence-electron chi connectivity index (χ4n) is 8.43. The smallest absolute Gasteiger partial charge is 0.338 e. The molecule has 1 atom stereocenters. The molecule has 4 bridgehead atoms. The molecule has 8 rings (SSSR count). The topological polar surface area (TPSA) is 69.9 Å². The normalized spacial score (nSPS) is 28.8. The Bertz CT molecular complexity index is 1680. The van der Waals surface area contributed by atoms with E-state index in [0.717, 1.165) is 34.6 Å². The highest BCUT2D eigenvalue weighted by Gasteiger charge is 2.51. The molecule has 0 N–H and O–H groups in total. The highest BCUT2D eigenvalue weighted by atomic mass is 32.1. The van der Waals surface area contributed by atoms with Gasteiger partial charge in [-0.3, -0.25) is 9.36 Å². The van der Waals surface area contributed by atoms with Gasteiger partial charge in [0.25, 0.3) is 5.56 Å². The maximum Gasteiger partial charge on any atom is 0.338 e. The Balaban J connectivity index is 1.37. The van der Waals surface area contributed by atoms with E-state index in [9.17, 15) is 9.59 Å². The van der Waals surface area contributed by atoms with E-state index in [-0.39, 0.29) is 11.0 Å². The fraction of sp³-hybridized carbons (Fsp3) is 0.424. The number of methoxy groups -OCH3 is 2. The van der Waals surface area contributed by atoms with Crippen LogP contribution in [0.1, 0.15) is 68.2 Å². The van der Waals surface area contributed by atoms with Crippen LogP contribution in [0.15, 0.2) is 69.6 Å². The van der Waals surface area contributed by atoms with Gasteiger partial charge in [-0.15, -0.1) is 0 Å². The molecule has 2 heterocycles. The number of benzene rings is 2. The lowest BCUT2D eigenvalue weighted by atomic mass is 9.48. The molecule has 6 nitrogen and oxygen atoms in total. The van der Waals surface area contributed by atoms with Gasteiger partial charge in [-0.2, -0.15) is 0 Å². The van der Waals surface area contributed by atoms with E-state index in [1.165, 1.54) is 62.5 Å². The predicted octanol–water partition coefficient (Wildman–Crippen LogP) is 4.88. The van der Waals surface area contributed by atoms with Crippen LogP contribution in [0.5, 0.6) is 5.75 Å². The van der Waals surface area contributed by atoms with Crippen molar-refractivity contribution in [1.82, 2.24) is 4.57 Å². The Morgan fingerprint density at radius 3 is 2.33 bits per heavy atom. The molecule has 0 amide bonds. The summed E-state index contributed by atoms with van der Waals surface area (Å²) in [4.78, 5) is 32.2. The van der Waals surface area contributed by atoms with Gasteiger partial charge in [0.1, 0.15) is 5.75 Å². The Hall–Kier alpha value is -3.45. The molecule has 4 aliphatic carbocycles. The molecule has 4 fully saturated rings. The van der Waals surface area contributed by atoms with Crippen LogP contribution in [-0.4, -0.2) is 24.8 Å². The van der Waals surface area contributed by atoms with E-state index in [1.807, 2.05) is 36.4 Å². The van der Waals surface area contributed by atoms with Gasteiger partial charge in [0.2, 0.25) is 0 Å². The van der Waals surface area contributed by atoms with Gasteiger partial charge in [-0.25, -0.2) is 9.79 Å². The second-order valence-corrected chi connectivity index (χ2v) is 13.1. The van der Waals surface area contributed by atoms with Crippen LogP contribution >= 0.6 is 11.3 Å². The summed E-state index contributed by atoms with van der Waals surface area (Å²) in [5, 5.41) is 0. The number of carbonyl (C=O) groups excluding carboxylic acids is 1. The second-order valence-electron chi connectivity index (χ2n) is 12.1. The monoisotopic (exact) mass is 554 g/mol. The molecule has 7 heteroatoms. The summed E-state index contributed by atoms with van der Waals surface area (Å²) in [6.07, 6.45) is 9.99. The summed E-state index contributed by atoms with van der Waals surface area (Å²) < 4.78 is 13.1. The minimum Gasteiger partial charge on any atom is -0.496 e. The third kappa shape index (κ3) is 4.00. The van der Waals surface area contributed by atoms with Crippen LogP contribution in [0.25, 0.3) is 6.08 Å². The first kappa shape index (κ1) is 25.5. The molecular weight excluding hydrogens is 520 g/mol. The molecule has 4 saturated carbocycles. The molecule has 1 aromatic heterocycles. The summed E-state index contributed by atoms with van der Waals surface area (Å²) in [6.45, 7) is 1.80. The van der Waals surface area contributed by atoms with E-state index in [4.69, 9.17) is 14.5 Å². The number of hydrogen-bond acceptors (Lipinski definition) is 6. The van der Waals surface area contributed by atoms with E-state index in [2.05, 4.69) is 18.2 Å². The van der Waals surface area contributed by atoms with Gasteiger partial charge in [-0.05, 0) is 98.0 Å². The van der Waals surface area contributed by atoms with Crippen LogP contribution in [0.3, 0.4) is 0 Å². The third-order valence-electron chi connectivity index (χ3n) is 9.71. The zero-order valence-electron chi connectivity index (χ0n) is 23.2. The van der Waals surface area contributed by atoms with E-state index in [1.54, 1.807) is 18.6 Å². The highest BCUT2D eigenvalue weighted by Crippen LogP contribution is 2.60. The Morgan fingerprint density at radius 2 is 1.70 bits per heavy atom. The number of nitrogens with zero attached hydrogens (tertiary/aromatic N) is 2. The molecule has 0 saturated heterocycles. The summed E-state index contributed by atoms with van der Waals surface area (Å²) in [5.41, 5.74) is 4.17. The molecule has 3 aromatic rings. The molecule has 2 aromatic carbocycles. The summed E-state index contributed by atoms with van der Waals surface area (Å²) >= 11 is 1.35. The lowest BCUT2D eigenvalue weighted by Gasteiger charge is -2.57. The number of ether oxygens (including phenoxy) is 2. The van der Waals surface area contributed by atoms with Crippen LogP contribution in [0, 0.1) is 17.8 Å². The van der Waals surface area contributed by atoms with Gasteiger partial charge < -0.3 is 9.47 Å². The van der Waals surface area contributed by atoms with Gasteiger partial charge in [0.05, 0.1) is 36.1 Å². The predicted molar refractivity (Wildman–Crippen MR) is 155 cm³/mol. The molecule has 40 heavy (non-hydrogen) atoms. The molecular formula is C33H34N2O4S. The van der Waals surface area contributed by atoms with Gasteiger partial charge in [0.15, 0.2) is 4.80 Å². The van der Waals surface area contributed by atoms with Crippen molar-refractivity contribution < 1.29 is 14.3 Å². The Labute approximate surface area is 237 Å². The quantitative estimate of drug-likeness (QED) is 0.422. The van der Waals surface area contributed by atoms with Crippen molar-refractivity contribution in [3.8, 4) is 5.75 Å². The van der Waals surface area contributed by atoms with Gasteiger partial charge >= 0.3 is 5.97 Å². The summed E-state index contributed by atoms with van der Waals surface area (Å²) in [6, 6.07) is 15.6. The number of fused-ring (bicyclic) bond motifs is 1. The van der Waals surface area contributed by atoms with E-state index < -0.39 is 12.0 Å². The first-order valence-corrected chi connectivity index (χ1v) is 15.0. The van der Waals surface area contributed by atoms with Crippen molar-refractivity contribution in [3.63, 3.8) is 0 Å². The highest BCUT2D eigenvalue weighted by molar-refractivity contribution is 7.07. The zero-order valence-corrected chi connectivity index (χ0v) is 24.0. The number of esters is 1. The SMILES string of the molecule is COC(=O)C1=C(C)N=c2sc(=Cc3cc(C45CC6CC(CC(C6)C4)C5)ccc3OC)c(=O)n2C1c1ccccc1. The fourth-order valence-corrected chi connectivity index (χ4v) is 9.46. The van der Waals surface area contributed by atoms with Crippen molar-refractivity contribution in [2.75, 3.05) is 14.2 Å². The molecule has 1 unspecified atom stereocenters. The Morgan fingerprint density at radius 1 is 1.02 bits per heavy atom. The Kier molecular flexibility index (Phi) is 6.11. The van der Waals surface area contributed by atoms with Crippen LogP contribution in [0.4, 0.5) is 0 Å².